The maximum Gasteiger partial charge on any atom is 0.0787 e. The zero-order valence-electron chi connectivity index (χ0n) is 12.2. The average Bonchev–Trinajstić information content (AvgIpc) is 2.82. The molecule has 2 heterocycles. The highest BCUT2D eigenvalue weighted by Gasteiger charge is 2.20. The van der Waals surface area contributed by atoms with Crippen molar-refractivity contribution >= 4 is 5.69 Å². The first-order valence-electron chi connectivity index (χ1n) is 7.28. The van der Waals surface area contributed by atoms with Crippen molar-refractivity contribution in [1.82, 2.24) is 9.78 Å². The van der Waals surface area contributed by atoms with Crippen molar-refractivity contribution in [1.29, 1.82) is 0 Å². The summed E-state index contributed by atoms with van der Waals surface area (Å²) in [5.41, 5.74) is 10.8. The molecule has 0 saturated carbocycles. The molecule has 0 aliphatic carbocycles. The molecule has 1 aliphatic heterocycles. The summed E-state index contributed by atoms with van der Waals surface area (Å²) in [5, 5.41) is 4.58. The standard InChI is InChI=1S/C16H22N4/c1-12-5-3-4-6-15(12)20-13(2)16(11-18-20)19-9-7-14(17)8-10-19/h3-6,11,14H,7-10,17H2,1-2H3. The van der Waals surface area contributed by atoms with Crippen LogP contribution < -0.4 is 10.6 Å². The van der Waals surface area contributed by atoms with E-state index in [1.807, 2.05) is 10.9 Å². The van der Waals surface area contributed by atoms with Crippen molar-refractivity contribution in [2.75, 3.05) is 18.0 Å². The Labute approximate surface area is 120 Å². The molecule has 3 rings (SSSR count). The van der Waals surface area contributed by atoms with Gasteiger partial charge in [0.2, 0.25) is 0 Å². The summed E-state index contributed by atoms with van der Waals surface area (Å²) in [6.45, 7) is 6.32. The van der Waals surface area contributed by atoms with E-state index >= 15 is 0 Å². The van der Waals surface area contributed by atoms with Gasteiger partial charge in [-0.05, 0) is 38.3 Å². The summed E-state index contributed by atoms with van der Waals surface area (Å²) in [6.07, 6.45) is 4.11. The first kappa shape index (κ1) is 13.2. The molecule has 1 fully saturated rings. The van der Waals surface area contributed by atoms with E-state index in [-0.39, 0.29) is 0 Å². The molecule has 4 heteroatoms. The molecule has 4 nitrogen and oxygen atoms in total. The summed E-state index contributed by atoms with van der Waals surface area (Å²) in [7, 11) is 0. The molecular formula is C16H22N4. The lowest BCUT2D eigenvalue weighted by Crippen LogP contribution is -2.39. The fourth-order valence-electron chi connectivity index (χ4n) is 2.90. The van der Waals surface area contributed by atoms with E-state index in [1.54, 1.807) is 0 Å². The molecule has 106 valence electrons. The highest BCUT2D eigenvalue weighted by atomic mass is 15.3. The van der Waals surface area contributed by atoms with Gasteiger partial charge in [0.15, 0.2) is 0 Å². The van der Waals surface area contributed by atoms with E-state index in [9.17, 15) is 0 Å². The average molecular weight is 270 g/mol. The van der Waals surface area contributed by atoms with Gasteiger partial charge in [-0.25, -0.2) is 4.68 Å². The van der Waals surface area contributed by atoms with E-state index in [2.05, 4.69) is 48.1 Å². The summed E-state index contributed by atoms with van der Waals surface area (Å²) < 4.78 is 2.04. The SMILES string of the molecule is Cc1ccccc1-n1ncc(N2CCC(N)CC2)c1C. The molecule has 0 radical (unpaired) electrons. The van der Waals surface area contributed by atoms with Crippen LogP contribution in [-0.4, -0.2) is 28.9 Å². The van der Waals surface area contributed by atoms with Crippen molar-refractivity contribution < 1.29 is 0 Å². The molecule has 2 aromatic rings. The number of aromatic nitrogens is 2. The van der Waals surface area contributed by atoms with Crippen LogP contribution in [0.1, 0.15) is 24.1 Å². The van der Waals surface area contributed by atoms with Crippen LogP contribution in [0.3, 0.4) is 0 Å². The third-order valence-corrected chi connectivity index (χ3v) is 4.21. The summed E-state index contributed by atoms with van der Waals surface area (Å²) >= 11 is 0. The van der Waals surface area contributed by atoms with Crippen molar-refractivity contribution in [2.24, 2.45) is 5.73 Å². The van der Waals surface area contributed by atoms with E-state index in [4.69, 9.17) is 5.73 Å². The Morgan fingerprint density at radius 1 is 1.10 bits per heavy atom. The van der Waals surface area contributed by atoms with Gasteiger partial charge in [-0.3, -0.25) is 0 Å². The largest absolute Gasteiger partial charge is 0.369 e. The zero-order chi connectivity index (χ0) is 14.1. The second kappa shape index (κ2) is 5.29. The van der Waals surface area contributed by atoms with E-state index in [0.29, 0.717) is 6.04 Å². The molecular weight excluding hydrogens is 248 g/mol. The lowest BCUT2D eigenvalue weighted by molar-refractivity contribution is 0.501. The van der Waals surface area contributed by atoms with Crippen LogP contribution in [0.2, 0.25) is 0 Å². The monoisotopic (exact) mass is 270 g/mol. The Kier molecular flexibility index (Phi) is 3.49. The highest BCUT2D eigenvalue weighted by molar-refractivity contribution is 5.53. The number of rotatable bonds is 2. The molecule has 1 aromatic carbocycles. The highest BCUT2D eigenvalue weighted by Crippen LogP contribution is 2.26. The molecule has 20 heavy (non-hydrogen) atoms. The van der Waals surface area contributed by atoms with Crippen LogP contribution in [0, 0.1) is 13.8 Å². The second-order valence-corrected chi connectivity index (χ2v) is 5.64. The van der Waals surface area contributed by atoms with Crippen LogP contribution in [-0.2, 0) is 0 Å². The first-order chi connectivity index (χ1) is 9.66. The Morgan fingerprint density at radius 3 is 2.50 bits per heavy atom. The molecule has 1 aromatic heterocycles. The van der Waals surface area contributed by atoms with Gasteiger partial charge in [0, 0.05) is 19.1 Å². The molecule has 0 unspecified atom stereocenters. The second-order valence-electron chi connectivity index (χ2n) is 5.64. The molecule has 0 atom stereocenters. The number of nitrogens with zero attached hydrogens (tertiary/aromatic N) is 3. The number of benzene rings is 1. The number of para-hydroxylation sites is 1. The fourth-order valence-corrected chi connectivity index (χ4v) is 2.90. The Hall–Kier alpha value is -1.81. The third-order valence-electron chi connectivity index (χ3n) is 4.21. The molecule has 0 spiro atoms. The predicted molar refractivity (Wildman–Crippen MR) is 82.5 cm³/mol. The van der Waals surface area contributed by atoms with Crippen LogP contribution >= 0.6 is 0 Å². The minimum Gasteiger partial charge on any atom is -0.369 e. The van der Waals surface area contributed by atoms with Crippen molar-refractivity contribution in [2.45, 2.75) is 32.7 Å². The number of piperidine rings is 1. The fraction of sp³-hybridized carbons (Fsp3) is 0.438. The van der Waals surface area contributed by atoms with E-state index in [1.165, 1.54) is 16.9 Å². The molecule has 2 N–H and O–H groups in total. The van der Waals surface area contributed by atoms with Gasteiger partial charge in [0.25, 0.3) is 0 Å². The summed E-state index contributed by atoms with van der Waals surface area (Å²) in [6, 6.07) is 8.72. The van der Waals surface area contributed by atoms with Crippen molar-refractivity contribution in [3.05, 3.63) is 41.7 Å². The number of anilines is 1. The quantitative estimate of drug-likeness (QED) is 0.911. The third kappa shape index (κ3) is 2.31. The topological polar surface area (TPSA) is 47.1 Å². The van der Waals surface area contributed by atoms with E-state index < -0.39 is 0 Å². The Bertz CT molecular complexity index is 594. The van der Waals surface area contributed by atoms with Gasteiger partial charge in [0.05, 0.1) is 23.3 Å². The van der Waals surface area contributed by atoms with Gasteiger partial charge in [0.1, 0.15) is 0 Å². The summed E-state index contributed by atoms with van der Waals surface area (Å²) in [4.78, 5) is 2.40. The van der Waals surface area contributed by atoms with Gasteiger partial charge >= 0.3 is 0 Å². The number of nitrogens with two attached hydrogens (primary N) is 1. The molecule has 1 saturated heterocycles. The lowest BCUT2D eigenvalue weighted by Gasteiger charge is -2.31. The summed E-state index contributed by atoms with van der Waals surface area (Å²) in [5.74, 6) is 0. The molecule has 0 amide bonds. The zero-order valence-corrected chi connectivity index (χ0v) is 12.2. The maximum absolute atomic E-state index is 5.98. The smallest absolute Gasteiger partial charge is 0.0787 e. The van der Waals surface area contributed by atoms with Crippen LogP contribution in [0.5, 0.6) is 0 Å². The van der Waals surface area contributed by atoms with Gasteiger partial charge in [-0.15, -0.1) is 0 Å². The molecule has 0 bridgehead atoms. The van der Waals surface area contributed by atoms with Gasteiger partial charge in [-0.1, -0.05) is 18.2 Å². The van der Waals surface area contributed by atoms with Crippen LogP contribution in [0.25, 0.3) is 5.69 Å². The number of hydrogen-bond donors (Lipinski definition) is 1. The normalized spacial score (nSPS) is 16.6. The van der Waals surface area contributed by atoms with Gasteiger partial charge < -0.3 is 10.6 Å². The maximum atomic E-state index is 5.98. The van der Waals surface area contributed by atoms with Crippen LogP contribution in [0.15, 0.2) is 30.5 Å². The molecule has 1 aliphatic rings. The Morgan fingerprint density at radius 2 is 1.80 bits per heavy atom. The lowest BCUT2D eigenvalue weighted by atomic mass is 10.1. The van der Waals surface area contributed by atoms with Crippen molar-refractivity contribution in [3.63, 3.8) is 0 Å². The number of aryl methyl sites for hydroxylation is 1. The van der Waals surface area contributed by atoms with Crippen LogP contribution in [0.4, 0.5) is 5.69 Å². The number of hydrogen-bond acceptors (Lipinski definition) is 3. The minimum absolute atomic E-state index is 0.359. The predicted octanol–water partition coefficient (Wildman–Crippen LogP) is 2.42. The van der Waals surface area contributed by atoms with E-state index in [0.717, 1.165) is 31.6 Å². The minimum atomic E-state index is 0.359. The Balaban J connectivity index is 1.91. The van der Waals surface area contributed by atoms with Crippen molar-refractivity contribution in [3.8, 4) is 5.69 Å². The first-order valence-corrected chi connectivity index (χ1v) is 7.28. The van der Waals surface area contributed by atoms with Gasteiger partial charge in [-0.2, -0.15) is 5.10 Å².